The minimum atomic E-state index is -1.02. The molecule has 5 heteroatoms. The first-order valence-corrected chi connectivity index (χ1v) is 6.77. The second-order valence-electron chi connectivity index (χ2n) is 4.45. The normalized spacial score (nSPS) is 11.8. The van der Waals surface area contributed by atoms with Crippen molar-refractivity contribution in [1.29, 1.82) is 0 Å². The van der Waals surface area contributed by atoms with Crippen LogP contribution in [-0.4, -0.2) is 36.2 Å². The lowest BCUT2D eigenvalue weighted by molar-refractivity contribution is -0.141. The number of carboxylic acids is 1. The fraction of sp³-hybridized carbons (Fsp3) is 0.467. The number of hydrogen-bond donors (Lipinski definition) is 2. The Kier molecular flexibility index (Phi) is 7.35. The zero-order chi connectivity index (χ0) is 14.8. The van der Waals surface area contributed by atoms with Gasteiger partial charge in [0.2, 0.25) is 5.91 Å². The number of hydrogen-bond acceptors (Lipinski definition) is 3. The molecular formula is C15H21NO4. The van der Waals surface area contributed by atoms with Gasteiger partial charge in [-0.05, 0) is 18.9 Å². The van der Waals surface area contributed by atoms with E-state index in [1.54, 1.807) is 0 Å². The molecular weight excluding hydrogens is 258 g/mol. The standard InChI is InChI=1S/C15H21NO4/c1-2-20-10-6-9-14(17)16-13(15(18)19)11-12-7-4-3-5-8-12/h3-5,7-8,13H,2,6,9-11H2,1H3,(H,16,17)(H,18,19). The van der Waals surface area contributed by atoms with E-state index in [0.717, 1.165) is 5.56 Å². The summed E-state index contributed by atoms with van der Waals surface area (Å²) in [7, 11) is 0. The number of aliphatic carboxylic acids is 1. The van der Waals surface area contributed by atoms with E-state index in [9.17, 15) is 9.59 Å². The number of carbonyl (C=O) groups excluding carboxylic acids is 1. The lowest BCUT2D eigenvalue weighted by atomic mass is 10.1. The Morgan fingerprint density at radius 2 is 2.00 bits per heavy atom. The smallest absolute Gasteiger partial charge is 0.326 e. The van der Waals surface area contributed by atoms with Gasteiger partial charge in [0, 0.05) is 26.1 Å². The minimum absolute atomic E-state index is 0.256. The largest absolute Gasteiger partial charge is 0.480 e. The molecule has 1 unspecified atom stereocenters. The lowest BCUT2D eigenvalue weighted by Gasteiger charge is -2.14. The summed E-state index contributed by atoms with van der Waals surface area (Å²) in [4.78, 5) is 22.9. The molecule has 1 aromatic rings. The molecule has 0 aliphatic carbocycles. The van der Waals surface area contributed by atoms with Gasteiger partial charge < -0.3 is 15.2 Å². The molecule has 1 amide bonds. The van der Waals surface area contributed by atoms with Crippen molar-refractivity contribution in [3.8, 4) is 0 Å². The van der Waals surface area contributed by atoms with Gasteiger partial charge in [0.05, 0.1) is 0 Å². The summed E-state index contributed by atoms with van der Waals surface area (Å²) >= 11 is 0. The molecule has 5 nitrogen and oxygen atoms in total. The molecule has 0 bridgehead atoms. The fourth-order valence-corrected chi connectivity index (χ4v) is 1.80. The summed E-state index contributed by atoms with van der Waals surface area (Å²) in [6.45, 7) is 3.02. The van der Waals surface area contributed by atoms with Gasteiger partial charge in [-0.2, -0.15) is 0 Å². The molecule has 0 saturated carbocycles. The first kappa shape index (κ1) is 16.2. The Labute approximate surface area is 118 Å². The van der Waals surface area contributed by atoms with Crippen LogP contribution in [0, 0.1) is 0 Å². The second kappa shape index (κ2) is 9.09. The number of amides is 1. The number of benzene rings is 1. The third-order valence-electron chi connectivity index (χ3n) is 2.81. The van der Waals surface area contributed by atoms with Crippen molar-refractivity contribution in [1.82, 2.24) is 5.32 Å². The van der Waals surface area contributed by atoms with Crippen molar-refractivity contribution in [2.24, 2.45) is 0 Å². The summed E-state index contributed by atoms with van der Waals surface area (Å²) in [5.41, 5.74) is 0.884. The number of nitrogens with one attached hydrogen (secondary N) is 1. The van der Waals surface area contributed by atoms with Crippen molar-refractivity contribution >= 4 is 11.9 Å². The van der Waals surface area contributed by atoms with Gasteiger partial charge in [-0.1, -0.05) is 30.3 Å². The van der Waals surface area contributed by atoms with Gasteiger partial charge >= 0.3 is 5.97 Å². The topological polar surface area (TPSA) is 75.6 Å². The average Bonchev–Trinajstić information content (AvgIpc) is 2.44. The monoisotopic (exact) mass is 279 g/mol. The van der Waals surface area contributed by atoms with E-state index in [4.69, 9.17) is 9.84 Å². The van der Waals surface area contributed by atoms with E-state index in [-0.39, 0.29) is 18.7 Å². The third kappa shape index (κ3) is 6.33. The van der Waals surface area contributed by atoms with Gasteiger partial charge in [-0.25, -0.2) is 4.79 Å². The van der Waals surface area contributed by atoms with Crippen molar-refractivity contribution in [2.75, 3.05) is 13.2 Å². The van der Waals surface area contributed by atoms with Crippen molar-refractivity contribution in [3.05, 3.63) is 35.9 Å². The molecule has 0 saturated heterocycles. The van der Waals surface area contributed by atoms with Crippen LogP contribution >= 0.6 is 0 Å². The zero-order valence-electron chi connectivity index (χ0n) is 11.7. The Balaban J connectivity index is 2.43. The minimum Gasteiger partial charge on any atom is -0.480 e. The predicted molar refractivity (Wildman–Crippen MR) is 75.4 cm³/mol. The molecule has 0 spiro atoms. The number of ether oxygens (including phenoxy) is 1. The Bertz CT molecular complexity index is 419. The molecule has 2 N–H and O–H groups in total. The maximum Gasteiger partial charge on any atom is 0.326 e. The fourth-order valence-electron chi connectivity index (χ4n) is 1.80. The van der Waals surface area contributed by atoms with Crippen molar-refractivity contribution in [2.45, 2.75) is 32.2 Å². The average molecular weight is 279 g/mol. The van der Waals surface area contributed by atoms with E-state index in [1.807, 2.05) is 37.3 Å². The molecule has 1 aromatic carbocycles. The summed E-state index contributed by atoms with van der Waals surface area (Å²) in [5.74, 6) is -1.28. The molecule has 0 aliphatic heterocycles. The van der Waals surface area contributed by atoms with E-state index in [0.29, 0.717) is 19.6 Å². The van der Waals surface area contributed by atoms with Crippen LogP contribution in [0.1, 0.15) is 25.3 Å². The highest BCUT2D eigenvalue weighted by atomic mass is 16.5. The highest BCUT2D eigenvalue weighted by molar-refractivity contribution is 5.83. The Morgan fingerprint density at radius 3 is 2.60 bits per heavy atom. The van der Waals surface area contributed by atoms with Crippen LogP contribution in [0.4, 0.5) is 0 Å². The molecule has 0 aliphatic rings. The maximum atomic E-state index is 11.7. The molecule has 0 radical (unpaired) electrons. The van der Waals surface area contributed by atoms with Crippen LogP contribution in [0.5, 0.6) is 0 Å². The molecule has 0 heterocycles. The second-order valence-corrected chi connectivity index (χ2v) is 4.45. The van der Waals surface area contributed by atoms with Crippen LogP contribution in [-0.2, 0) is 20.7 Å². The van der Waals surface area contributed by atoms with E-state index >= 15 is 0 Å². The molecule has 20 heavy (non-hydrogen) atoms. The summed E-state index contributed by atoms with van der Waals surface area (Å²) in [5, 5.41) is 11.7. The quantitative estimate of drug-likeness (QED) is 0.673. The SMILES string of the molecule is CCOCCCC(=O)NC(Cc1ccccc1)C(=O)O. The predicted octanol–water partition coefficient (Wildman–Crippen LogP) is 1.62. The van der Waals surface area contributed by atoms with Crippen molar-refractivity contribution < 1.29 is 19.4 Å². The van der Waals surface area contributed by atoms with Gasteiger partial charge in [0.15, 0.2) is 0 Å². The van der Waals surface area contributed by atoms with Crippen LogP contribution in [0.2, 0.25) is 0 Å². The summed E-state index contributed by atoms with van der Waals surface area (Å²) < 4.78 is 5.14. The summed E-state index contributed by atoms with van der Waals surface area (Å²) in [6.07, 6.45) is 1.16. The molecule has 0 fully saturated rings. The van der Waals surface area contributed by atoms with Crippen molar-refractivity contribution in [3.63, 3.8) is 0 Å². The number of carboxylic acid groups (broad SMARTS) is 1. The van der Waals surface area contributed by atoms with Gasteiger partial charge in [-0.3, -0.25) is 4.79 Å². The van der Waals surface area contributed by atoms with Crippen LogP contribution in [0.15, 0.2) is 30.3 Å². The van der Waals surface area contributed by atoms with E-state index in [2.05, 4.69) is 5.32 Å². The number of rotatable bonds is 9. The van der Waals surface area contributed by atoms with Crippen LogP contribution in [0.25, 0.3) is 0 Å². The molecule has 1 rings (SSSR count). The van der Waals surface area contributed by atoms with E-state index < -0.39 is 12.0 Å². The molecule has 110 valence electrons. The maximum absolute atomic E-state index is 11.7. The summed E-state index contributed by atoms with van der Waals surface area (Å²) in [6, 6.07) is 8.35. The van der Waals surface area contributed by atoms with E-state index in [1.165, 1.54) is 0 Å². The molecule has 0 aromatic heterocycles. The third-order valence-corrected chi connectivity index (χ3v) is 2.81. The highest BCUT2D eigenvalue weighted by Crippen LogP contribution is 2.04. The zero-order valence-corrected chi connectivity index (χ0v) is 11.7. The van der Waals surface area contributed by atoms with Crippen LogP contribution in [0.3, 0.4) is 0 Å². The van der Waals surface area contributed by atoms with Gasteiger partial charge in [0.25, 0.3) is 0 Å². The lowest BCUT2D eigenvalue weighted by Crippen LogP contribution is -2.42. The molecule has 1 atom stereocenters. The van der Waals surface area contributed by atoms with Gasteiger partial charge in [0.1, 0.15) is 6.04 Å². The highest BCUT2D eigenvalue weighted by Gasteiger charge is 2.19. The van der Waals surface area contributed by atoms with Crippen LogP contribution < -0.4 is 5.32 Å². The van der Waals surface area contributed by atoms with Gasteiger partial charge in [-0.15, -0.1) is 0 Å². The Hall–Kier alpha value is -1.88. The number of carbonyl (C=O) groups is 2. The first-order valence-electron chi connectivity index (χ1n) is 6.77. The Morgan fingerprint density at radius 1 is 1.30 bits per heavy atom. The first-order chi connectivity index (χ1) is 9.63.